The summed E-state index contributed by atoms with van der Waals surface area (Å²) < 4.78 is 64.5. The SMILES string of the molecule is O=P(=O)c1ccc(O)c(P(=O)=O)c1P(=O)=O. The van der Waals surface area contributed by atoms with E-state index in [1.807, 2.05) is 0 Å². The summed E-state index contributed by atoms with van der Waals surface area (Å²) in [6, 6.07) is 1.63. The molecule has 1 aromatic carbocycles. The molecule has 0 aliphatic heterocycles. The van der Waals surface area contributed by atoms with Crippen LogP contribution in [0.5, 0.6) is 5.75 Å². The fourth-order valence-corrected chi connectivity index (χ4v) is 3.72. The van der Waals surface area contributed by atoms with Crippen molar-refractivity contribution in [1.82, 2.24) is 0 Å². The van der Waals surface area contributed by atoms with Gasteiger partial charge in [0.1, 0.15) is 16.4 Å². The minimum Gasteiger partial charge on any atom is -0.507 e. The van der Waals surface area contributed by atoms with Gasteiger partial charge in [-0.05, 0) is 12.1 Å². The van der Waals surface area contributed by atoms with Gasteiger partial charge >= 0.3 is 23.0 Å². The smallest absolute Gasteiger partial charge is 0.353 e. The van der Waals surface area contributed by atoms with Crippen LogP contribution in [0.4, 0.5) is 0 Å². The number of aromatic hydroxyl groups is 1. The maximum atomic E-state index is 10.8. The van der Waals surface area contributed by atoms with E-state index in [1.54, 1.807) is 0 Å². The normalized spacial score (nSPS) is 9.75. The van der Waals surface area contributed by atoms with Gasteiger partial charge in [-0.3, -0.25) is 0 Å². The average Bonchev–Trinajstić information content (AvgIpc) is 2.15. The van der Waals surface area contributed by atoms with Gasteiger partial charge in [0, 0.05) is 0 Å². The van der Waals surface area contributed by atoms with Crippen LogP contribution in [0, 0.1) is 0 Å². The summed E-state index contributed by atoms with van der Waals surface area (Å²) in [5.41, 5.74) is 0. The second-order valence-electron chi connectivity index (χ2n) is 2.57. The number of hydrogen-bond acceptors (Lipinski definition) is 7. The van der Waals surface area contributed by atoms with Gasteiger partial charge in [0.15, 0.2) is 0 Å². The molecule has 1 aromatic rings. The molecule has 0 aliphatic carbocycles. The Morgan fingerprint density at radius 3 is 1.62 bits per heavy atom. The molecule has 0 heterocycles. The van der Waals surface area contributed by atoms with Gasteiger partial charge in [0.25, 0.3) is 0 Å². The Bertz CT molecular complexity index is 626. The first-order valence-corrected chi connectivity index (χ1v) is 7.18. The third-order valence-electron chi connectivity index (χ3n) is 1.67. The molecule has 0 atom stereocenters. The second-order valence-corrected chi connectivity index (χ2v) is 5.49. The quantitative estimate of drug-likeness (QED) is 0.811. The van der Waals surface area contributed by atoms with E-state index in [-0.39, 0.29) is 0 Å². The van der Waals surface area contributed by atoms with Crippen molar-refractivity contribution >= 4 is 39.0 Å². The molecule has 0 amide bonds. The Balaban J connectivity index is 3.92. The zero-order valence-corrected chi connectivity index (χ0v) is 10.1. The van der Waals surface area contributed by atoms with E-state index in [9.17, 15) is 27.4 Å². The van der Waals surface area contributed by atoms with Crippen molar-refractivity contribution in [1.29, 1.82) is 0 Å². The van der Waals surface area contributed by atoms with Crippen molar-refractivity contribution in [3.63, 3.8) is 0 Å². The zero-order valence-electron chi connectivity index (χ0n) is 7.39. The summed E-state index contributed by atoms with van der Waals surface area (Å²) in [6.07, 6.45) is 0. The van der Waals surface area contributed by atoms with Gasteiger partial charge in [-0.2, -0.15) is 0 Å². The van der Waals surface area contributed by atoms with Crippen LogP contribution in [-0.2, 0) is 27.4 Å². The Hall–Kier alpha value is -1.28. The first kappa shape index (κ1) is 12.8. The first-order valence-electron chi connectivity index (χ1n) is 3.65. The lowest BCUT2D eigenvalue weighted by Crippen LogP contribution is -2.27. The van der Waals surface area contributed by atoms with Gasteiger partial charge < -0.3 is 5.11 Å². The predicted molar refractivity (Wildman–Crippen MR) is 51.9 cm³/mol. The average molecular weight is 280 g/mol. The summed E-state index contributed by atoms with van der Waals surface area (Å²) in [5, 5.41) is 6.71. The lowest BCUT2D eigenvalue weighted by atomic mass is 10.3. The van der Waals surface area contributed by atoms with Crippen LogP contribution in [0.2, 0.25) is 0 Å². The van der Waals surface area contributed by atoms with E-state index in [0.29, 0.717) is 0 Å². The molecule has 7 nitrogen and oxygen atoms in total. The first-order chi connectivity index (χ1) is 7.36. The van der Waals surface area contributed by atoms with Crippen molar-refractivity contribution in [3.05, 3.63) is 12.1 Å². The highest BCUT2D eigenvalue weighted by Gasteiger charge is 2.23. The molecular weight excluding hydrogens is 277 g/mol. The summed E-state index contributed by atoms with van der Waals surface area (Å²) in [5.74, 6) is -0.800. The van der Waals surface area contributed by atoms with Gasteiger partial charge in [-0.1, -0.05) is 0 Å². The Labute approximate surface area is 90.0 Å². The Morgan fingerprint density at radius 2 is 1.25 bits per heavy atom. The highest BCUT2D eigenvalue weighted by atomic mass is 31.1. The van der Waals surface area contributed by atoms with E-state index in [1.165, 1.54) is 0 Å². The minimum absolute atomic E-state index is 0.655. The molecule has 0 radical (unpaired) electrons. The summed E-state index contributed by atoms with van der Waals surface area (Å²) in [6.45, 7) is 0. The standard InChI is InChI=1S/C6H3O7P3/c7-3-1-2-4(14(8)9)6(16(12)13)5(3)15(10)11/h1-2,7H. The van der Waals surface area contributed by atoms with Crippen LogP contribution in [0.15, 0.2) is 12.1 Å². The zero-order chi connectivity index (χ0) is 12.5. The highest BCUT2D eigenvalue weighted by molar-refractivity contribution is 7.52. The molecule has 0 aliphatic rings. The van der Waals surface area contributed by atoms with Crippen LogP contribution >= 0.6 is 23.0 Å². The monoisotopic (exact) mass is 280 g/mol. The molecule has 0 aromatic heterocycles. The lowest BCUT2D eigenvalue weighted by molar-refractivity contribution is 0.477. The largest absolute Gasteiger partial charge is 0.507 e. The van der Waals surface area contributed by atoms with E-state index < -0.39 is 44.7 Å². The van der Waals surface area contributed by atoms with E-state index in [2.05, 4.69) is 0 Å². The topological polar surface area (TPSA) is 123 Å². The fraction of sp³-hybridized carbons (Fsp3) is 0. The number of benzene rings is 1. The number of hydrogen-bond donors (Lipinski definition) is 1. The second kappa shape index (κ2) is 4.71. The van der Waals surface area contributed by atoms with Gasteiger partial charge in [0.05, 0.1) is 5.30 Å². The summed E-state index contributed by atoms with van der Waals surface area (Å²) in [4.78, 5) is 0. The van der Waals surface area contributed by atoms with Crippen LogP contribution < -0.4 is 15.9 Å². The van der Waals surface area contributed by atoms with Gasteiger partial charge in [-0.15, -0.1) is 0 Å². The third-order valence-corrected chi connectivity index (χ3v) is 4.44. The molecule has 16 heavy (non-hydrogen) atoms. The van der Waals surface area contributed by atoms with Gasteiger partial charge in [0.2, 0.25) is 0 Å². The Kier molecular flexibility index (Phi) is 3.76. The summed E-state index contributed by atoms with van der Waals surface area (Å²) >= 11 is 0. The molecule has 84 valence electrons. The van der Waals surface area contributed by atoms with Crippen molar-refractivity contribution in [3.8, 4) is 5.75 Å². The van der Waals surface area contributed by atoms with Crippen LogP contribution in [0.3, 0.4) is 0 Å². The van der Waals surface area contributed by atoms with E-state index >= 15 is 0 Å². The van der Waals surface area contributed by atoms with Crippen molar-refractivity contribution in [2.45, 2.75) is 0 Å². The maximum Gasteiger partial charge on any atom is 0.353 e. The highest BCUT2D eigenvalue weighted by Crippen LogP contribution is 2.20. The molecular formula is C6H3O7P3. The molecule has 0 saturated heterocycles. The molecule has 0 unspecified atom stereocenters. The molecule has 0 bridgehead atoms. The van der Waals surface area contributed by atoms with Crippen molar-refractivity contribution in [2.24, 2.45) is 0 Å². The molecule has 0 fully saturated rings. The minimum atomic E-state index is -3.45. The van der Waals surface area contributed by atoms with Gasteiger partial charge in [-0.25, -0.2) is 27.4 Å². The lowest BCUT2D eigenvalue weighted by Gasteiger charge is -1.99. The van der Waals surface area contributed by atoms with Crippen molar-refractivity contribution in [2.75, 3.05) is 0 Å². The third kappa shape index (κ3) is 2.27. The van der Waals surface area contributed by atoms with Crippen LogP contribution in [0.1, 0.15) is 0 Å². The molecule has 0 spiro atoms. The van der Waals surface area contributed by atoms with E-state index in [0.717, 1.165) is 12.1 Å². The Morgan fingerprint density at radius 1 is 0.750 bits per heavy atom. The number of rotatable bonds is 3. The van der Waals surface area contributed by atoms with Crippen LogP contribution in [0.25, 0.3) is 0 Å². The van der Waals surface area contributed by atoms with E-state index in [4.69, 9.17) is 5.11 Å². The predicted octanol–water partition coefficient (Wildman–Crippen LogP) is 0.787. The molecule has 1 rings (SSSR count). The molecule has 1 N–H and O–H groups in total. The van der Waals surface area contributed by atoms with Crippen LogP contribution in [-0.4, -0.2) is 5.11 Å². The number of phenols is 1. The maximum absolute atomic E-state index is 10.8. The molecule has 10 heteroatoms. The number of phenolic OH excluding ortho intramolecular Hbond substituents is 1. The summed E-state index contributed by atoms with van der Waals surface area (Å²) in [7, 11) is -10.1. The fourth-order valence-electron chi connectivity index (χ4n) is 1.07. The molecule has 0 saturated carbocycles. The van der Waals surface area contributed by atoms with Crippen molar-refractivity contribution < 1.29 is 32.5 Å².